The van der Waals surface area contributed by atoms with E-state index in [2.05, 4.69) is 5.32 Å². The Hall–Kier alpha value is -1.72. The summed E-state index contributed by atoms with van der Waals surface area (Å²) in [6.07, 6.45) is 0. The van der Waals surface area contributed by atoms with Crippen molar-refractivity contribution in [2.45, 2.75) is 0 Å². The molecule has 1 N–H and O–H groups in total. The zero-order valence-electron chi connectivity index (χ0n) is 10.4. The Morgan fingerprint density at radius 1 is 1.26 bits per heavy atom. The summed E-state index contributed by atoms with van der Waals surface area (Å²) < 4.78 is 10.3. The topological polar surface area (TPSA) is 47.6 Å². The van der Waals surface area contributed by atoms with Crippen molar-refractivity contribution < 1.29 is 14.3 Å². The predicted molar refractivity (Wildman–Crippen MR) is 76.8 cm³/mol. The molecule has 6 heteroatoms. The second-order valence-corrected chi connectivity index (χ2v) is 4.84. The summed E-state index contributed by atoms with van der Waals surface area (Å²) in [4.78, 5) is 11.9. The SMILES string of the molecule is COc1cc(Cl)c(NC(=O)c2ccsc2)cc1OC. The van der Waals surface area contributed by atoms with Crippen LogP contribution in [0, 0.1) is 0 Å². The van der Waals surface area contributed by atoms with Crippen LogP contribution in [0.5, 0.6) is 11.5 Å². The van der Waals surface area contributed by atoms with E-state index in [4.69, 9.17) is 21.1 Å². The fourth-order valence-corrected chi connectivity index (χ4v) is 2.37. The van der Waals surface area contributed by atoms with Crippen molar-refractivity contribution in [1.82, 2.24) is 0 Å². The number of methoxy groups -OCH3 is 2. The van der Waals surface area contributed by atoms with Crippen molar-refractivity contribution in [3.05, 3.63) is 39.5 Å². The molecule has 0 atom stereocenters. The first kappa shape index (κ1) is 13.7. The molecule has 19 heavy (non-hydrogen) atoms. The summed E-state index contributed by atoms with van der Waals surface area (Å²) in [5.74, 6) is 0.809. The lowest BCUT2D eigenvalue weighted by molar-refractivity contribution is 0.102. The number of ether oxygens (including phenoxy) is 2. The zero-order valence-corrected chi connectivity index (χ0v) is 12.0. The Morgan fingerprint density at radius 2 is 1.95 bits per heavy atom. The standard InChI is InChI=1S/C13H12ClNO3S/c1-17-11-5-9(14)10(6-12(11)18-2)15-13(16)8-3-4-19-7-8/h3-7H,1-2H3,(H,15,16). The monoisotopic (exact) mass is 297 g/mol. The molecule has 100 valence electrons. The third-order valence-electron chi connectivity index (χ3n) is 2.50. The minimum absolute atomic E-state index is 0.213. The molecule has 0 spiro atoms. The van der Waals surface area contributed by atoms with E-state index in [9.17, 15) is 4.79 Å². The van der Waals surface area contributed by atoms with Crippen LogP contribution in [0.3, 0.4) is 0 Å². The van der Waals surface area contributed by atoms with Crippen LogP contribution in [0.25, 0.3) is 0 Å². The predicted octanol–water partition coefficient (Wildman–Crippen LogP) is 3.67. The minimum atomic E-state index is -0.213. The number of nitrogens with one attached hydrogen (secondary N) is 1. The van der Waals surface area contributed by atoms with Gasteiger partial charge in [-0.3, -0.25) is 4.79 Å². The first-order valence-electron chi connectivity index (χ1n) is 5.40. The van der Waals surface area contributed by atoms with Gasteiger partial charge in [-0.25, -0.2) is 0 Å². The third kappa shape index (κ3) is 3.00. The average Bonchev–Trinajstić information content (AvgIpc) is 2.94. The number of thiophene rings is 1. The van der Waals surface area contributed by atoms with Gasteiger partial charge in [0.05, 0.1) is 30.5 Å². The molecule has 0 saturated heterocycles. The third-order valence-corrected chi connectivity index (χ3v) is 3.50. The van der Waals surface area contributed by atoms with E-state index in [1.165, 1.54) is 25.6 Å². The number of halogens is 1. The van der Waals surface area contributed by atoms with Crippen molar-refractivity contribution >= 4 is 34.5 Å². The lowest BCUT2D eigenvalue weighted by atomic mass is 10.2. The van der Waals surface area contributed by atoms with Crippen molar-refractivity contribution in [1.29, 1.82) is 0 Å². The summed E-state index contributed by atoms with van der Waals surface area (Å²) in [5.41, 5.74) is 1.08. The maximum absolute atomic E-state index is 11.9. The Morgan fingerprint density at radius 3 is 2.53 bits per heavy atom. The summed E-state index contributed by atoms with van der Waals surface area (Å²) in [6, 6.07) is 4.98. The molecule has 1 aromatic carbocycles. The maximum Gasteiger partial charge on any atom is 0.256 e. The van der Waals surface area contributed by atoms with Gasteiger partial charge in [0.2, 0.25) is 0 Å². The van der Waals surface area contributed by atoms with Crippen LogP contribution in [0.15, 0.2) is 29.0 Å². The average molecular weight is 298 g/mol. The summed E-state index contributed by atoms with van der Waals surface area (Å²) in [6.45, 7) is 0. The molecule has 0 radical (unpaired) electrons. The van der Waals surface area contributed by atoms with Gasteiger partial charge >= 0.3 is 0 Å². The second-order valence-electron chi connectivity index (χ2n) is 3.65. The molecular weight excluding hydrogens is 286 g/mol. The Kier molecular flexibility index (Phi) is 4.29. The van der Waals surface area contributed by atoms with Crippen LogP contribution in [0.2, 0.25) is 5.02 Å². The molecule has 0 fully saturated rings. The van der Waals surface area contributed by atoms with Gasteiger partial charge in [-0.2, -0.15) is 11.3 Å². The minimum Gasteiger partial charge on any atom is -0.493 e. The Labute approximate surface area is 119 Å². The molecule has 0 bridgehead atoms. The lowest BCUT2D eigenvalue weighted by Crippen LogP contribution is -2.11. The van der Waals surface area contributed by atoms with Crippen LogP contribution < -0.4 is 14.8 Å². The van der Waals surface area contributed by atoms with Crippen LogP contribution in [-0.2, 0) is 0 Å². The van der Waals surface area contributed by atoms with Crippen molar-refractivity contribution in [3.63, 3.8) is 0 Å². The number of rotatable bonds is 4. The van der Waals surface area contributed by atoms with E-state index in [1.807, 2.05) is 5.38 Å². The van der Waals surface area contributed by atoms with Crippen LogP contribution in [-0.4, -0.2) is 20.1 Å². The highest BCUT2D eigenvalue weighted by atomic mass is 35.5. The van der Waals surface area contributed by atoms with E-state index in [-0.39, 0.29) is 5.91 Å². The number of hydrogen-bond acceptors (Lipinski definition) is 4. The van der Waals surface area contributed by atoms with Gasteiger partial charge in [0.1, 0.15) is 0 Å². The number of carbonyl (C=O) groups is 1. The van der Waals surface area contributed by atoms with Crippen molar-refractivity contribution in [2.24, 2.45) is 0 Å². The second kappa shape index (κ2) is 5.95. The van der Waals surface area contributed by atoms with Crippen molar-refractivity contribution in [3.8, 4) is 11.5 Å². The fraction of sp³-hybridized carbons (Fsp3) is 0.154. The van der Waals surface area contributed by atoms with E-state index < -0.39 is 0 Å². The zero-order chi connectivity index (χ0) is 13.8. The van der Waals surface area contributed by atoms with E-state index >= 15 is 0 Å². The molecule has 0 aliphatic carbocycles. The van der Waals surface area contributed by atoms with Gasteiger partial charge in [-0.1, -0.05) is 11.6 Å². The number of amides is 1. The molecule has 0 aliphatic rings. The highest BCUT2D eigenvalue weighted by Gasteiger charge is 2.13. The maximum atomic E-state index is 11.9. The van der Waals surface area contributed by atoms with E-state index in [0.29, 0.717) is 27.8 Å². The van der Waals surface area contributed by atoms with Crippen LogP contribution >= 0.6 is 22.9 Å². The van der Waals surface area contributed by atoms with Gasteiger partial charge < -0.3 is 14.8 Å². The van der Waals surface area contributed by atoms with Crippen molar-refractivity contribution in [2.75, 3.05) is 19.5 Å². The number of hydrogen-bond donors (Lipinski definition) is 1. The summed E-state index contributed by atoms with van der Waals surface area (Å²) in [7, 11) is 3.05. The van der Waals surface area contributed by atoms with Gasteiger partial charge in [-0.05, 0) is 11.4 Å². The lowest BCUT2D eigenvalue weighted by Gasteiger charge is -2.12. The quantitative estimate of drug-likeness (QED) is 0.936. The number of benzene rings is 1. The normalized spacial score (nSPS) is 10.1. The fourth-order valence-electron chi connectivity index (χ4n) is 1.54. The Balaban J connectivity index is 2.28. The highest BCUT2D eigenvalue weighted by Crippen LogP contribution is 2.36. The molecular formula is C13H12ClNO3S. The van der Waals surface area contributed by atoms with E-state index in [1.54, 1.807) is 23.6 Å². The smallest absolute Gasteiger partial charge is 0.256 e. The molecule has 0 saturated carbocycles. The summed E-state index contributed by atoms with van der Waals surface area (Å²) >= 11 is 7.55. The number of anilines is 1. The van der Waals surface area contributed by atoms with Gasteiger partial charge in [0.15, 0.2) is 11.5 Å². The van der Waals surface area contributed by atoms with Crippen LogP contribution in [0.1, 0.15) is 10.4 Å². The first-order valence-corrected chi connectivity index (χ1v) is 6.73. The van der Waals surface area contributed by atoms with E-state index in [0.717, 1.165) is 0 Å². The highest BCUT2D eigenvalue weighted by molar-refractivity contribution is 7.08. The largest absolute Gasteiger partial charge is 0.493 e. The Bertz CT molecular complexity index is 584. The number of carbonyl (C=O) groups excluding carboxylic acids is 1. The molecule has 1 amide bonds. The summed E-state index contributed by atoms with van der Waals surface area (Å²) in [5, 5.41) is 6.74. The molecule has 2 aromatic rings. The molecule has 4 nitrogen and oxygen atoms in total. The van der Waals surface area contributed by atoms with Gasteiger partial charge in [0, 0.05) is 17.5 Å². The van der Waals surface area contributed by atoms with Gasteiger partial charge in [-0.15, -0.1) is 0 Å². The molecule has 0 aliphatic heterocycles. The molecule has 1 aromatic heterocycles. The van der Waals surface area contributed by atoms with Gasteiger partial charge in [0.25, 0.3) is 5.91 Å². The molecule has 2 rings (SSSR count). The molecule has 1 heterocycles. The first-order chi connectivity index (χ1) is 9.15. The molecule has 0 unspecified atom stereocenters. The van der Waals surface area contributed by atoms with Crippen LogP contribution in [0.4, 0.5) is 5.69 Å².